The van der Waals surface area contributed by atoms with Gasteiger partial charge in [0.2, 0.25) is 5.82 Å². The summed E-state index contributed by atoms with van der Waals surface area (Å²) in [6.07, 6.45) is -1.23. The van der Waals surface area contributed by atoms with Gasteiger partial charge in [0.25, 0.3) is 5.89 Å². The Morgan fingerprint density at radius 2 is 1.95 bits per heavy atom. The van der Waals surface area contributed by atoms with Crippen molar-refractivity contribution in [1.29, 1.82) is 0 Å². The Balaban J connectivity index is 2.14. The average Bonchev–Trinajstić information content (AvgIpc) is 2.93. The van der Waals surface area contributed by atoms with Crippen LogP contribution in [0.4, 0.5) is 0 Å². The minimum Gasteiger partial charge on any atom is -0.387 e. The van der Waals surface area contributed by atoms with Crippen LogP contribution in [0.5, 0.6) is 0 Å². The Labute approximate surface area is 123 Å². The highest BCUT2D eigenvalue weighted by Crippen LogP contribution is 2.26. The Morgan fingerprint density at radius 3 is 2.52 bits per heavy atom. The molecule has 0 aliphatic rings. The van der Waals surface area contributed by atoms with E-state index in [0.29, 0.717) is 19.0 Å². The van der Waals surface area contributed by atoms with Gasteiger partial charge in [-0.2, -0.15) is 4.98 Å². The van der Waals surface area contributed by atoms with E-state index in [1.165, 1.54) is 13.8 Å². The van der Waals surface area contributed by atoms with E-state index in [0.717, 1.165) is 11.1 Å². The van der Waals surface area contributed by atoms with Crippen LogP contribution in [0.15, 0.2) is 28.8 Å². The fourth-order valence-corrected chi connectivity index (χ4v) is 1.74. The normalized spacial score (nSPS) is 13.4. The molecule has 0 bridgehead atoms. The highest BCUT2D eigenvalue weighted by molar-refractivity contribution is 5.54. The van der Waals surface area contributed by atoms with Crippen molar-refractivity contribution in [3.8, 4) is 11.4 Å². The minimum absolute atomic E-state index is 0.00380. The Kier molecular flexibility index (Phi) is 4.72. The van der Waals surface area contributed by atoms with Gasteiger partial charge in [0.15, 0.2) is 6.10 Å². The molecule has 114 valence electrons. The van der Waals surface area contributed by atoms with Gasteiger partial charge < -0.3 is 19.5 Å². The largest absolute Gasteiger partial charge is 0.387 e. The van der Waals surface area contributed by atoms with Crippen molar-refractivity contribution in [2.45, 2.75) is 39.1 Å². The van der Waals surface area contributed by atoms with Crippen molar-refractivity contribution in [3.05, 3.63) is 35.7 Å². The molecule has 0 radical (unpaired) electrons. The van der Waals surface area contributed by atoms with Gasteiger partial charge in [0.05, 0.1) is 12.2 Å². The lowest BCUT2D eigenvalue weighted by atomic mass is 10.0. The zero-order valence-corrected chi connectivity index (χ0v) is 12.4. The number of hydrogen-bond donors (Lipinski definition) is 2. The summed E-state index contributed by atoms with van der Waals surface area (Å²) >= 11 is 0. The number of rotatable bonds is 6. The zero-order valence-electron chi connectivity index (χ0n) is 12.4. The average molecular weight is 292 g/mol. The smallest absolute Gasteiger partial charge is 0.258 e. The molecule has 0 spiro atoms. The molecule has 0 fully saturated rings. The molecule has 2 aromatic rings. The van der Waals surface area contributed by atoms with Crippen LogP contribution in [0, 0.1) is 0 Å². The predicted molar refractivity (Wildman–Crippen MR) is 76.3 cm³/mol. The highest BCUT2D eigenvalue weighted by Gasteiger charge is 2.31. The first-order valence-electron chi connectivity index (χ1n) is 6.83. The van der Waals surface area contributed by atoms with E-state index in [9.17, 15) is 10.2 Å². The highest BCUT2D eigenvalue weighted by atomic mass is 16.5. The van der Waals surface area contributed by atoms with Gasteiger partial charge in [-0.05, 0) is 26.3 Å². The van der Waals surface area contributed by atoms with Crippen molar-refractivity contribution in [2.24, 2.45) is 0 Å². The van der Waals surface area contributed by atoms with Crippen LogP contribution in [0.3, 0.4) is 0 Å². The molecule has 21 heavy (non-hydrogen) atoms. The minimum atomic E-state index is -1.34. The number of aliphatic hydroxyl groups excluding tert-OH is 1. The number of nitrogens with zero attached hydrogens (tertiary/aromatic N) is 2. The molecule has 6 nitrogen and oxygen atoms in total. The Bertz CT molecular complexity index is 572. The van der Waals surface area contributed by atoms with E-state index in [2.05, 4.69) is 10.1 Å². The second-order valence-electron chi connectivity index (χ2n) is 5.35. The molecule has 6 heteroatoms. The van der Waals surface area contributed by atoms with Crippen molar-refractivity contribution in [3.63, 3.8) is 0 Å². The summed E-state index contributed by atoms with van der Waals surface area (Å²) in [6.45, 7) is 6.13. The Morgan fingerprint density at radius 1 is 1.29 bits per heavy atom. The molecular formula is C15H20N2O4. The van der Waals surface area contributed by atoms with Gasteiger partial charge in [-0.3, -0.25) is 0 Å². The van der Waals surface area contributed by atoms with Gasteiger partial charge >= 0.3 is 0 Å². The second kappa shape index (κ2) is 6.34. The standard InChI is InChI=1S/C15H20N2O4/c1-4-20-9-10-5-7-11(8-6-10)13-16-14(21-17-13)12(18)15(2,3)19/h5-8,12,18-19H,4,9H2,1-3H3. The molecule has 0 aliphatic heterocycles. The fraction of sp³-hybridized carbons (Fsp3) is 0.467. The molecular weight excluding hydrogens is 272 g/mol. The first-order valence-corrected chi connectivity index (χ1v) is 6.83. The lowest BCUT2D eigenvalue weighted by Gasteiger charge is -2.20. The topological polar surface area (TPSA) is 88.6 Å². The third kappa shape index (κ3) is 3.87. The van der Waals surface area contributed by atoms with E-state index in [-0.39, 0.29) is 5.89 Å². The van der Waals surface area contributed by atoms with Gasteiger partial charge in [-0.1, -0.05) is 29.4 Å². The molecule has 1 aromatic heterocycles. The molecule has 0 saturated heterocycles. The maximum Gasteiger partial charge on any atom is 0.258 e. The van der Waals surface area contributed by atoms with E-state index >= 15 is 0 Å². The fourth-order valence-electron chi connectivity index (χ4n) is 1.74. The molecule has 0 aliphatic carbocycles. The van der Waals surface area contributed by atoms with E-state index in [1.807, 2.05) is 31.2 Å². The summed E-state index contributed by atoms with van der Waals surface area (Å²) in [5.41, 5.74) is 0.486. The van der Waals surface area contributed by atoms with Crippen LogP contribution in [-0.2, 0) is 11.3 Å². The summed E-state index contributed by atoms with van der Waals surface area (Å²) in [4.78, 5) is 4.12. The molecule has 2 rings (SSSR count). The third-order valence-corrected chi connectivity index (χ3v) is 3.03. The summed E-state index contributed by atoms with van der Waals surface area (Å²) < 4.78 is 10.3. The Hall–Kier alpha value is -1.76. The van der Waals surface area contributed by atoms with Gasteiger partial charge in [-0.25, -0.2) is 0 Å². The molecule has 0 amide bonds. The monoisotopic (exact) mass is 292 g/mol. The molecule has 1 aromatic carbocycles. The van der Waals surface area contributed by atoms with E-state index in [4.69, 9.17) is 9.26 Å². The maximum absolute atomic E-state index is 9.90. The molecule has 1 atom stereocenters. The maximum atomic E-state index is 9.90. The van der Waals surface area contributed by atoms with Crippen LogP contribution in [0.25, 0.3) is 11.4 Å². The van der Waals surface area contributed by atoms with E-state index < -0.39 is 11.7 Å². The van der Waals surface area contributed by atoms with E-state index in [1.54, 1.807) is 0 Å². The summed E-state index contributed by atoms with van der Waals surface area (Å²) in [7, 11) is 0. The first kappa shape index (κ1) is 15.6. The van der Waals surface area contributed by atoms with Crippen LogP contribution >= 0.6 is 0 Å². The zero-order chi connectivity index (χ0) is 15.5. The van der Waals surface area contributed by atoms with Crippen LogP contribution in [-0.4, -0.2) is 32.6 Å². The van der Waals surface area contributed by atoms with Crippen LogP contribution < -0.4 is 0 Å². The molecule has 1 heterocycles. The van der Waals surface area contributed by atoms with Crippen molar-refractivity contribution >= 4 is 0 Å². The number of aliphatic hydroxyl groups is 2. The number of aromatic nitrogens is 2. The predicted octanol–water partition coefficient (Wildman–Crippen LogP) is 2.08. The second-order valence-corrected chi connectivity index (χ2v) is 5.35. The van der Waals surface area contributed by atoms with Crippen molar-refractivity contribution in [1.82, 2.24) is 10.1 Å². The van der Waals surface area contributed by atoms with Crippen LogP contribution in [0.1, 0.15) is 38.3 Å². The van der Waals surface area contributed by atoms with Gasteiger partial charge in [0, 0.05) is 12.2 Å². The lowest BCUT2D eigenvalue weighted by Crippen LogP contribution is -2.28. The van der Waals surface area contributed by atoms with Crippen LogP contribution in [0.2, 0.25) is 0 Å². The summed E-state index contributed by atoms with van der Waals surface area (Å²) in [5.74, 6) is 0.368. The molecule has 0 saturated carbocycles. The number of hydrogen-bond acceptors (Lipinski definition) is 6. The quantitative estimate of drug-likeness (QED) is 0.847. The summed E-state index contributed by atoms with van der Waals surface area (Å²) in [6, 6.07) is 7.57. The lowest BCUT2D eigenvalue weighted by molar-refractivity contribution is -0.0640. The number of benzene rings is 1. The SMILES string of the molecule is CCOCc1ccc(-c2noc(C(O)C(C)(C)O)n2)cc1. The van der Waals surface area contributed by atoms with Gasteiger partial charge in [0.1, 0.15) is 0 Å². The molecule has 2 N–H and O–H groups in total. The first-order chi connectivity index (χ1) is 9.91. The summed E-state index contributed by atoms with van der Waals surface area (Å²) in [5, 5.41) is 23.5. The molecule has 1 unspecified atom stereocenters. The number of ether oxygens (including phenoxy) is 1. The van der Waals surface area contributed by atoms with Gasteiger partial charge in [-0.15, -0.1) is 0 Å². The van der Waals surface area contributed by atoms with Crippen molar-refractivity contribution < 1.29 is 19.5 Å². The third-order valence-electron chi connectivity index (χ3n) is 3.03. The van der Waals surface area contributed by atoms with Crippen molar-refractivity contribution in [2.75, 3.05) is 6.61 Å².